The van der Waals surface area contributed by atoms with Crippen LogP contribution in [-0.2, 0) is 4.79 Å². The second-order valence-electron chi connectivity index (χ2n) is 9.45. The van der Waals surface area contributed by atoms with Gasteiger partial charge in [0, 0.05) is 27.1 Å². The zero-order valence-electron chi connectivity index (χ0n) is 21.7. The molecule has 7 heteroatoms. The van der Waals surface area contributed by atoms with Crippen LogP contribution in [0.1, 0.15) is 21.6 Å². The maximum absolute atomic E-state index is 14.0. The zero-order valence-corrected chi connectivity index (χ0v) is 22.5. The molecule has 6 nitrogen and oxygen atoms in total. The van der Waals surface area contributed by atoms with Gasteiger partial charge >= 0.3 is 0 Å². The number of benzene rings is 4. The van der Waals surface area contributed by atoms with Crippen molar-refractivity contribution in [3.8, 4) is 0 Å². The third kappa shape index (κ3) is 4.52. The number of carbonyl (C=O) groups is 2. The summed E-state index contributed by atoms with van der Waals surface area (Å²) < 4.78 is 0. The molecule has 0 spiro atoms. The molecular formula is C34H22N4O2S. The van der Waals surface area contributed by atoms with Gasteiger partial charge in [0.05, 0.1) is 22.8 Å². The molecule has 196 valence electrons. The Morgan fingerprint density at radius 3 is 2.00 bits per heavy atom. The number of aromatic nitrogens is 1. The first kappa shape index (κ1) is 24.7. The van der Waals surface area contributed by atoms with Crippen LogP contribution < -0.4 is 9.80 Å². The van der Waals surface area contributed by atoms with Gasteiger partial charge in [-0.2, -0.15) is 0 Å². The molecule has 4 aromatic carbocycles. The van der Waals surface area contributed by atoms with Crippen molar-refractivity contribution in [1.82, 2.24) is 4.98 Å². The Morgan fingerprint density at radius 1 is 0.707 bits per heavy atom. The predicted octanol–water partition coefficient (Wildman–Crippen LogP) is 7.36. The highest BCUT2D eigenvalue weighted by Gasteiger charge is 2.33. The summed E-state index contributed by atoms with van der Waals surface area (Å²) in [6.45, 7) is 0. The standard InChI is InChI=1S/C34H22N4O2S/c39-33(38-28-13-4-6-15-30(28)41-31-16-7-5-14-29(31)38)24-17-19-26(20-18-24)37-32(23-10-2-1-3-11-23)36-27(34(37)40)22-25-12-8-9-21-35-25/h1-22H. The van der Waals surface area contributed by atoms with Gasteiger partial charge in [-0.25, -0.2) is 4.99 Å². The van der Waals surface area contributed by atoms with Crippen molar-refractivity contribution in [2.24, 2.45) is 4.99 Å². The third-order valence-corrected chi connectivity index (χ3v) is 8.00. The minimum Gasteiger partial charge on any atom is -0.275 e. The smallest absolute Gasteiger partial charge is 0.275 e. The largest absolute Gasteiger partial charge is 0.282 e. The zero-order chi connectivity index (χ0) is 27.8. The van der Waals surface area contributed by atoms with E-state index in [1.807, 2.05) is 97.1 Å². The fourth-order valence-corrected chi connectivity index (χ4v) is 6.00. The topological polar surface area (TPSA) is 65.9 Å². The van der Waals surface area contributed by atoms with E-state index in [4.69, 9.17) is 4.99 Å². The van der Waals surface area contributed by atoms with E-state index >= 15 is 0 Å². The Labute approximate surface area is 241 Å². The first-order valence-corrected chi connectivity index (χ1v) is 13.9. The molecule has 2 aliphatic heterocycles. The lowest BCUT2D eigenvalue weighted by Gasteiger charge is -2.31. The first-order chi connectivity index (χ1) is 20.2. The maximum atomic E-state index is 14.0. The van der Waals surface area contributed by atoms with Gasteiger partial charge in [0.1, 0.15) is 11.5 Å². The summed E-state index contributed by atoms with van der Waals surface area (Å²) >= 11 is 1.66. The van der Waals surface area contributed by atoms with Crippen LogP contribution in [0.2, 0.25) is 0 Å². The van der Waals surface area contributed by atoms with E-state index in [0.717, 1.165) is 26.7 Å². The van der Waals surface area contributed by atoms with E-state index in [0.29, 0.717) is 28.5 Å². The highest BCUT2D eigenvalue weighted by Crippen LogP contribution is 2.48. The van der Waals surface area contributed by atoms with Gasteiger partial charge in [0.2, 0.25) is 0 Å². The van der Waals surface area contributed by atoms with E-state index in [2.05, 4.69) is 4.98 Å². The molecule has 7 rings (SSSR count). The molecule has 0 aliphatic carbocycles. The molecule has 0 fully saturated rings. The molecule has 1 aromatic heterocycles. The van der Waals surface area contributed by atoms with Gasteiger partial charge in [-0.05, 0) is 66.7 Å². The van der Waals surface area contributed by atoms with E-state index in [1.54, 1.807) is 58.1 Å². The van der Waals surface area contributed by atoms with Gasteiger partial charge in [0.25, 0.3) is 11.8 Å². The number of amides is 2. The quantitative estimate of drug-likeness (QED) is 0.219. The molecule has 2 aliphatic rings. The summed E-state index contributed by atoms with van der Waals surface area (Å²) in [5.74, 6) is 0.120. The molecule has 0 N–H and O–H groups in total. The molecule has 0 atom stereocenters. The minimum atomic E-state index is -0.260. The van der Waals surface area contributed by atoms with Crippen LogP contribution in [0.15, 0.2) is 148 Å². The van der Waals surface area contributed by atoms with Crippen molar-refractivity contribution in [1.29, 1.82) is 0 Å². The Kier molecular flexibility index (Phi) is 6.26. The second-order valence-corrected chi connectivity index (χ2v) is 10.5. The van der Waals surface area contributed by atoms with Crippen LogP contribution in [0.25, 0.3) is 6.08 Å². The number of pyridine rings is 1. The SMILES string of the molecule is O=C1C(=Cc2ccccn2)N=C(c2ccccc2)N1c1ccc(C(=O)N2c3ccccc3Sc3ccccc32)cc1. The Morgan fingerprint density at radius 2 is 1.34 bits per heavy atom. The molecule has 41 heavy (non-hydrogen) atoms. The number of carbonyl (C=O) groups excluding carboxylic acids is 2. The number of rotatable bonds is 4. The highest BCUT2D eigenvalue weighted by atomic mass is 32.2. The van der Waals surface area contributed by atoms with Crippen LogP contribution >= 0.6 is 11.8 Å². The summed E-state index contributed by atoms with van der Waals surface area (Å²) in [4.78, 5) is 42.1. The molecule has 0 bridgehead atoms. The summed E-state index contributed by atoms with van der Waals surface area (Å²) in [5, 5.41) is 0. The molecule has 0 saturated heterocycles. The molecule has 2 amide bonds. The second kappa shape index (κ2) is 10.4. The lowest BCUT2D eigenvalue weighted by molar-refractivity contribution is -0.113. The van der Waals surface area contributed by atoms with Crippen molar-refractivity contribution in [3.05, 3.63) is 150 Å². The number of anilines is 3. The Balaban J connectivity index is 1.25. The molecule has 0 radical (unpaired) electrons. The van der Waals surface area contributed by atoms with Crippen LogP contribution in [-0.4, -0.2) is 22.6 Å². The number of hydrogen-bond acceptors (Lipinski definition) is 5. The third-order valence-electron chi connectivity index (χ3n) is 6.87. The monoisotopic (exact) mass is 550 g/mol. The minimum absolute atomic E-state index is 0.141. The van der Waals surface area contributed by atoms with Crippen molar-refractivity contribution in [3.63, 3.8) is 0 Å². The molecule has 3 heterocycles. The summed E-state index contributed by atoms with van der Waals surface area (Å²) in [6.07, 6.45) is 3.37. The Bertz CT molecular complexity index is 1810. The van der Waals surface area contributed by atoms with Crippen molar-refractivity contribution in [2.45, 2.75) is 9.79 Å². The van der Waals surface area contributed by atoms with Crippen molar-refractivity contribution < 1.29 is 9.59 Å². The number of fused-ring (bicyclic) bond motifs is 2. The van der Waals surface area contributed by atoms with E-state index < -0.39 is 0 Å². The Hall–Kier alpha value is -5.27. The first-order valence-electron chi connectivity index (χ1n) is 13.1. The fraction of sp³-hybridized carbons (Fsp3) is 0. The van der Waals surface area contributed by atoms with Crippen LogP contribution in [0, 0.1) is 0 Å². The van der Waals surface area contributed by atoms with Crippen LogP contribution in [0.3, 0.4) is 0 Å². The van der Waals surface area contributed by atoms with Gasteiger partial charge in [-0.15, -0.1) is 0 Å². The van der Waals surface area contributed by atoms with Crippen LogP contribution in [0.5, 0.6) is 0 Å². The average Bonchev–Trinajstić information content (AvgIpc) is 3.35. The van der Waals surface area contributed by atoms with Crippen LogP contribution in [0.4, 0.5) is 17.1 Å². The lowest BCUT2D eigenvalue weighted by atomic mass is 10.1. The van der Waals surface area contributed by atoms with Crippen molar-refractivity contribution in [2.75, 3.05) is 9.80 Å². The lowest BCUT2D eigenvalue weighted by Crippen LogP contribution is -2.33. The number of hydrogen-bond donors (Lipinski definition) is 0. The van der Waals surface area contributed by atoms with Crippen molar-refractivity contribution >= 4 is 52.6 Å². The molecular weight excluding hydrogens is 528 g/mol. The maximum Gasteiger partial charge on any atom is 0.282 e. The summed E-state index contributed by atoms with van der Waals surface area (Å²) in [5.41, 5.74) is 4.58. The molecule has 0 saturated carbocycles. The van der Waals surface area contributed by atoms with E-state index in [1.165, 1.54) is 0 Å². The molecule has 0 unspecified atom stereocenters. The van der Waals surface area contributed by atoms with Gasteiger partial charge < -0.3 is 0 Å². The molecule has 5 aromatic rings. The number of aliphatic imine (C=N–C) groups is 1. The summed E-state index contributed by atoms with van der Waals surface area (Å²) in [7, 11) is 0. The van der Waals surface area contributed by atoms with Gasteiger partial charge in [-0.3, -0.25) is 24.4 Å². The summed E-state index contributed by atoms with van der Waals surface area (Å²) in [6, 6.07) is 38.1. The fourth-order valence-electron chi connectivity index (χ4n) is 4.94. The average molecular weight is 551 g/mol. The number of amidine groups is 1. The van der Waals surface area contributed by atoms with Gasteiger partial charge in [-0.1, -0.05) is 72.4 Å². The predicted molar refractivity (Wildman–Crippen MR) is 163 cm³/mol. The van der Waals surface area contributed by atoms with Gasteiger partial charge in [0.15, 0.2) is 0 Å². The van der Waals surface area contributed by atoms with E-state index in [-0.39, 0.29) is 11.8 Å². The number of para-hydroxylation sites is 2. The normalized spacial score (nSPS) is 15.0. The highest BCUT2D eigenvalue weighted by molar-refractivity contribution is 7.99. The van der Waals surface area contributed by atoms with E-state index in [9.17, 15) is 9.59 Å². The number of nitrogens with zero attached hydrogens (tertiary/aromatic N) is 4.